The highest BCUT2D eigenvalue weighted by molar-refractivity contribution is 5.72. The molecule has 0 fully saturated rings. The van der Waals surface area contributed by atoms with Crippen molar-refractivity contribution in [2.75, 3.05) is 0 Å². The Morgan fingerprint density at radius 1 is 1.27 bits per heavy atom. The van der Waals surface area contributed by atoms with Gasteiger partial charge < -0.3 is 25.2 Å². The topological polar surface area (TPSA) is 124 Å². The maximum Gasteiger partial charge on any atom is 0.308 e. The number of carboxylic acids is 1. The standard InChI is InChI=1S/C23H36O7/c1-4-13(2)23(29)30-20-11-17(25)9-15-6-5-14(3)19(22(15)20)8-7-16(24)10-18(26)12-21(27)28/h5-6,9,13-14,16-20,22,24-26H,4,7-8,10-12H2,1-3H3,(H,27,28)/t13?,14?,16-,17?,18?,19?,20?,22-/m0/s1. The zero-order valence-corrected chi connectivity index (χ0v) is 18.1. The van der Waals surface area contributed by atoms with Crippen LogP contribution in [0.2, 0.25) is 0 Å². The van der Waals surface area contributed by atoms with Crippen LogP contribution >= 0.6 is 0 Å². The second-order valence-corrected chi connectivity index (χ2v) is 8.88. The van der Waals surface area contributed by atoms with Gasteiger partial charge in [0.25, 0.3) is 0 Å². The maximum absolute atomic E-state index is 12.4. The van der Waals surface area contributed by atoms with Gasteiger partial charge in [0.05, 0.1) is 30.7 Å². The minimum Gasteiger partial charge on any atom is -0.481 e. The van der Waals surface area contributed by atoms with Crippen LogP contribution in [0.25, 0.3) is 0 Å². The molecule has 0 bridgehead atoms. The summed E-state index contributed by atoms with van der Waals surface area (Å²) < 4.78 is 5.84. The van der Waals surface area contributed by atoms with Crippen molar-refractivity contribution < 1.29 is 34.8 Å². The lowest BCUT2D eigenvalue weighted by Gasteiger charge is -2.43. The van der Waals surface area contributed by atoms with Crippen LogP contribution in [-0.4, -0.2) is 56.8 Å². The number of carbonyl (C=O) groups excluding carboxylic acids is 1. The molecule has 0 spiro atoms. The number of carbonyl (C=O) groups is 2. The normalized spacial score (nSPS) is 31.3. The number of esters is 1. The fraction of sp³-hybridized carbons (Fsp3) is 0.739. The van der Waals surface area contributed by atoms with E-state index in [0.29, 0.717) is 25.7 Å². The van der Waals surface area contributed by atoms with Crippen LogP contribution in [0.4, 0.5) is 0 Å². The molecule has 0 aromatic carbocycles. The summed E-state index contributed by atoms with van der Waals surface area (Å²) in [5.41, 5.74) is 0.958. The summed E-state index contributed by atoms with van der Waals surface area (Å²) in [6.07, 6.45) is 4.64. The van der Waals surface area contributed by atoms with Crippen molar-refractivity contribution in [3.8, 4) is 0 Å². The third-order valence-electron chi connectivity index (χ3n) is 6.44. The number of carboxylic acid groups (broad SMARTS) is 1. The van der Waals surface area contributed by atoms with Crippen molar-refractivity contribution in [2.45, 2.75) is 83.7 Å². The first kappa shape index (κ1) is 24.6. The molecule has 0 amide bonds. The van der Waals surface area contributed by atoms with Crippen molar-refractivity contribution in [3.63, 3.8) is 0 Å². The summed E-state index contributed by atoms with van der Waals surface area (Å²) in [6.45, 7) is 5.85. The van der Waals surface area contributed by atoms with Crippen LogP contribution in [0, 0.1) is 23.7 Å². The molecule has 170 valence electrons. The third-order valence-corrected chi connectivity index (χ3v) is 6.44. The summed E-state index contributed by atoms with van der Waals surface area (Å²) >= 11 is 0. The van der Waals surface area contributed by atoms with Gasteiger partial charge in [0.1, 0.15) is 6.10 Å². The Hall–Kier alpha value is -1.70. The molecule has 0 saturated carbocycles. The Morgan fingerprint density at radius 2 is 1.97 bits per heavy atom. The number of rotatable bonds is 10. The zero-order chi connectivity index (χ0) is 22.4. The highest BCUT2D eigenvalue weighted by Crippen LogP contribution is 2.44. The molecule has 2 aliphatic carbocycles. The van der Waals surface area contributed by atoms with Crippen LogP contribution in [0.3, 0.4) is 0 Å². The van der Waals surface area contributed by atoms with Crippen LogP contribution < -0.4 is 0 Å². The molecule has 6 unspecified atom stereocenters. The second-order valence-electron chi connectivity index (χ2n) is 8.88. The first-order valence-corrected chi connectivity index (χ1v) is 11.0. The van der Waals surface area contributed by atoms with Gasteiger partial charge in [0.15, 0.2) is 0 Å². The molecule has 2 aliphatic rings. The molecular weight excluding hydrogens is 388 g/mol. The number of aliphatic carboxylic acids is 1. The van der Waals surface area contributed by atoms with E-state index in [1.807, 2.05) is 26.0 Å². The maximum atomic E-state index is 12.4. The number of aliphatic hydroxyl groups is 3. The fourth-order valence-electron chi connectivity index (χ4n) is 4.52. The van der Waals surface area contributed by atoms with Gasteiger partial charge in [0, 0.05) is 12.3 Å². The molecule has 0 aromatic heterocycles. The molecule has 0 saturated heterocycles. The summed E-state index contributed by atoms with van der Waals surface area (Å²) in [7, 11) is 0. The molecule has 0 heterocycles. The Labute approximate surface area is 178 Å². The van der Waals surface area contributed by atoms with Gasteiger partial charge in [-0.3, -0.25) is 9.59 Å². The van der Waals surface area contributed by atoms with Crippen molar-refractivity contribution in [1.82, 2.24) is 0 Å². The number of aliphatic hydroxyl groups excluding tert-OH is 3. The Bertz CT molecular complexity index is 656. The SMILES string of the molecule is CCC(C)C(=O)OC1CC(O)C=C2C=CC(C)C(CC[C@H](O)CC(O)CC(=O)O)[C@H]21. The van der Waals surface area contributed by atoms with Crippen molar-refractivity contribution in [2.24, 2.45) is 23.7 Å². The van der Waals surface area contributed by atoms with E-state index in [0.717, 1.165) is 5.57 Å². The third kappa shape index (κ3) is 6.65. The largest absolute Gasteiger partial charge is 0.481 e. The predicted octanol–water partition coefficient (Wildman–Crippen LogP) is 2.44. The predicted molar refractivity (Wildman–Crippen MR) is 111 cm³/mol. The van der Waals surface area contributed by atoms with E-state index in [1.54, 1.807) is 0 Å². The van der Waals surface area contributed by atoms with Crippen LogP contribution in [-0.2, 0) is 14.3 Å². The van der Waals surface area contributed by atoms with Gasteiger partial charge >= 0.3 is 11.9 Å². The van der Waals surface area contributed by atoms with E-state index in [-0.39, 0.29) is 42.5 Å². The summed E-state index contributed by atoms with van der Waals surface area (Å²) in [5.74, 6) is -1.31. The fourth-order valence-corrected chi connectivity index (χ4v) is 4.52. The molecule has 8 atom stereocenters. The lowest BCUT2D eigenvalue weighted by molar-refractivity contribution is -0.159. The summed E-state index contributed by atoms with van der Waals surface area (Å²) in [4.78, 5) is 23.1. The number of hydrogen-bond donors (Lipinski definition) is 4. The first-order chi connectivity index (χ1) is 14.1. The van der Waals surface area contributed by atoms with E-state index < -0.39 is 30.4 Å². The number of fused-ring (bicyclic) bond motifs is 1. The molecule has 2 rings (SSSR count). The average Bonchev–Trinajstić information content (AvgIpc) is 2.65. The average molecular weight is 425 g/mol. The number of allylic oxidation sites excluding steroid dienone is 2. The van der Waals surface area contributed by atoms with Crippen molar-refractivity contribution in [1.29, 1.82) is 0 Å². The second kappa shape index (κ2) is 11.1. The molecule has 4 N–H and O–H groups in total. The quantitative estimate of drug-likeness (QED) is 0.397. The van der Waals surface area contributed by atoms with E-state index in [9.17, 15) is 24.9 Å². The van der Waals surface area contributed by atoms with Gasteiger partial charge in [-0.1, -0.05) is 39.0 Å². The molecule has 0 aliphatic heterocycles. The highest BCUT2D eigenvalue weighted by Gasteiger charge is 2.42. The van der Waals surface area contributed by atoms with Gasteiger partial charge in [-0.25, -0.2) is 0 Å². The molecule has 7 nitrogen and oxygen atoms in total. The van der Waals surface area contributed by atoms with Crippen LogP contribution in [0.1, 0.15) is 59.3 Å². The summed E-state index contributed by atoms with van der Waals surface area (Å²) in [5, 5.41) is 39.1. The smallest absolute Gasteiger partial charge is 0.308 e. The van der Waals surface area contributed by atoms with Crippen molar-refractivity contribution >= 4 is 11.9 Å². The molecule has 0 aromatic rings. The van der Waals surface area contributed by atoms with Gasteiger partial charge in [-0.15, -0.1) is 0 Å². The summed E-state index contributed by atoms with van der Waals surface area (Å²) in [6, 6.07) is 0. The molecular formula is C23H36O7. The van der Waals surface area contributed by atoms with Crippen LogP contribution in [0.15, 0.2) is 23.8 Å². The first-order valence-electron chi connectivity index (χ1n) is 11.0. The molecule has 30 heavy (non-hydrogen) atoms. The lowest BCUT2D eigenvalue weighted by atomic mass is 9.66. The van der Waals surface area contributed by atoms with Gasteiger partial charge in [-0.05, 0) is 43.1 Å². The Morgan fingerprint density at radius 3 is 2.60 bits per heavy atom. The zero-order valence-electron chi connectivity index (χ0n) is 18.1. The minimum atomic E-state index is -1.10. The molecule has 7 heteroatoms. The Balaban J connectivity index is 2.09. The monoisotopic (exact) mass is 424 g/mol. The molecule has 0 radical (unpaired) electrons. The van der Waals surface area contributed by atoms with E-state index in [1.165, 1.54) is 0 Å². The van der Waals surface area contributed by atoms with Crippen LogP contribution in [0.5, 0.6) is 0 Å². The lowest BCUT2D eigenvalue weighted by Crippen LogP contribution is -2.43. The number of hydrogen-bond acceptors (Lipinski definition) is 6. The van der Waals surface area contributed by atoms with E-state index in [4.69, 9.17) is 9.84 Å². The Kier molecular flexibility index (Phi) is 9.07. The van der Waals surface area contributed by atoms with E-state index in [2.05, 4.69) is 13.0 Å². The van der Waals surface area contributed by atoms with Gasteiger partial charge in [-0.2, -0.15) is 0 Å². The number of ether oxygens (including phenoxy) is 1. The van der Waals surface area contributed by atoms with Gasteiger partial charge in [0.2, 0.25) is 0 Å². The minimum absolute atomic E-state index is 0.0156. The highest BCUT2D eigenvalue weighted by atomic mass is 16.5. The van der Waals surface area contributed by atoms with E-state index >= 15 is 0 Å². The van der Waals surface area contributed by atoms with Crippen molar-refractivity contribution in [3.05, 3.63) is 23.8 Å².